The highest BCUT2D eigenvalue weighted by atomic mass is 32.2. The molecule has 2 saturated heterocycles. The maximum atomic E-state index is 12.9. The van der Waals surface area contributed by atoms with Gasteiger partial charge in [0.1, 0.15) is 18.3 Å². The first kappa shape index (κ1) is 19.5. The van der Waals surface area contributed by atoms with E-state index in [1.54, 1.807) is 6.08 Å². The molecule has 2 fully saturated rings. The fourth-order valence-electron chi connectivity index (χ4n) is 4.22. The first-order chi connectivity index (χ1) is 13.6. The van der Waals surface area contributed by atoms with Gasteiger partial charge in [-0.05, 0) is 30.1 Å². The van der Waals surface area contributed by atoms with Crippen LogP contribution in [0.15, 0.2) is 42.5 Å². The molecule has 28 heavy (non-hydrogen) atoms. The topological polar surface area (TPSA) is 54.0 Å². The van der Waals surface area contributed by atoms with Crippen LogP contribution in [0.25, 0.3) is 0 Å². The molecule has 146 valence electrons. The number of ether oxygens (including phenoxy) is 4. The van der Waals surface area contributed by atoms with E-state index in [4.69, 9.17) is 37.6 Å². The predicted molar refractivity (Wildman–Crippen MR) is 110 cm³/mol. The normalized spacial score (nSPS) is 35.6. The molecule has 0 radical (unpaired) electrons. The summed E-state index contributed by atoms with van der Waals surface area (Å²) in [5.74, 6) is 2.28. The van der Waals surface area contributed by atoms with E-state index in [1.807, 2.05) is 42.7 Å². The fraction of sp³-hybridized carbons (Fsp3) is 0.429. The van der Waals surface area contributed by atoms with Gasteiger partial charge in [-0.3, -0.25) is 4.79 Å². The Bertz CT molecular complexity index is 848. The minimum absolute atomic E-state index is 0.271. The van der Waals surface area contributed by atoms with Crippen LogP contribution in [-0.4, -0.2) is 47.1 Å². The number of esters is 1. The highest BCUT2D eigenvalue weighted by molar-refractivity contribution is 8.22. The molecule has 7 heteroatoms. The Morgan fingerprint density at radius 3 is 2.86 bits per heavy atom. The van der Waals surface area contributed by atoms with Crippen LogP contribution in [-0.2, 0) is 30.3 Å². The lowest BCUT2D eigenvalue weighted by Gasteiger charge is -2.34. The van der Waals surface area contributed by atoms with Gasteiger partial charge >= 0.3 is 5.97 Å². The van der Waals surface area contributed by atoms with Crippen molar-refractivity contribution >= 4 is 34.3 Å². The lowest BCUT2D eigenvalue weighted by Crippen LogP contribution is -2.52. The quantitative estimate of drug-likeness (QED) is 0.324. The van der Waals surface area contributed by atoms with Gasteiger partial charge < -0.3 is 18.9 Å². The van der Waals surface area contributed by atoms with Crippen LogP contribution < -0.4 is 0 Å². The van der Waals surface area contributed by atoms with E-state index in [-0.39, 0.29) is 6.61 Å². The third-order valence-corrected chi connectivity index (χ3v) is 6.62. The number of benzene rings is 1. The Labute approximate surface area is 173 Å². The molecular formula is C21H20O5S2. The number of fused-ring (bicyclic) bond motifs is 3. The van der Waals surface area contributed by atoms with Crippen LogP contribution in [0.3, 0.4) is 0 Å². The molecule has 0 amide bonds. The molecule has 5 atom stereocenters. The number of hydrogen-bond acceptors (Lipinski definition) is 7. The summed E-state index contributed by atoms with van der Waals surface area (Å²) < 4.78 is 24.1. The number of terminal acetylenes is 1. The summed E-state index contributed by atoms with van der Waals surface area (Å²) in [4.78, 5) is 12.9. The van der Waals surface area contributed by atoms with Gasteiger partial charge in [0.25, 0.3) is 0 Å². The Hall–Kier alpha value is -1.85. The van der Waals surface area contributed by atoms with E-state index in [0.717, 1.165) is 5.56 Å². The van der Waals surface area contributed by atoms with Crippen molar-refractivity contribution in [1.82, 2.24) is 0 Å². The standard InChI is InChI=1S/C21H20O5S2/c1-3-20-10-9-15(24-13-14-7-5-4-6-8-14)16(26-20)17(25-19(27)28-2)21(20)11-12-23-18(21)22/h1,4-10,15-17H,11-13H2,2H3/t15-,16?,17+,20+,21+/m0/s1. The maximum Gasteiger partial charge on any atom is 0.320 e. The van der Waals surface area contributed by atoms with Gasteiger partial charge in [0.05, 0.1) is 13.2 Å². The molecule has 0 saturated carbocycles. The summed E-state index contributed by atoms with van der Waals surface area (Å²) in [5, 5.41) is 0. The summed E-state index contributed by atoms with van der Waals surface area (Å²) in [7, 11) is 0. The first-order valence-electron chi connectivity index (χ1n) is 8.98. The average molecular weight is 417 g/mol. The fourth-order valence-corrected chi connectivity index (χ4v) is 4.52. The van der Waals surface area contributed by atoms with Gasteiger partial charge in [0, 0.05) is 6.42 Å². The SMILES string of the molecule is C#C[C@]12C=C[C@H](OCc3ccccc3)C(O1)[C@@H](OC(=S)SC)[C@@]21CCOC1=O. The van der Waals surface area contributed by atoms with E-state index < -0.39 is 35.3 Å². The maximum absolute atomic E-state index is 12.9. The zero-order chi connectivity index (χ0) is 19.8. The van der Waals surface area contributed by atoms with Crippen molar-refractivity contribution in [1.29, 1.82) is 0 Å². The molecule has 3 heterocycles. The van der Waals surface area contributed by atoms with Gasteiger partial charge in [-0.1, -0.05) is 54.1 Å². The number of thioether (sulfide) groups is 1. The zero-order valence-electron chi connectivity index (χ0n) is 15.3. The molecule has 4 rings (SSSR count). The lowest BCUT2D eigenvalue weighted by atomic mass is 9.69. The summed E-state index contributed by atoms with van der Waals surface area (Å²) >= 11 is 6.58. The number of carbonyl (C=O) groups is 1. The summed E-state index contributed by atoms with van der Waals surface area (Å²) in [6, 6.07) is 9.84. The highest BCUT2D eigenvalue weighted by Gasteiger charge is 2.74. The monoisotopic (exact) mass is 416 g/mol. The summed E-state index contributed by atoms with van der Waals surface area (Å²) in [6.45, 7) is 0.670. The van der Waals surface area contributed by atoms with E-state index >= 15 is 0 Å². The number of rotatable bonds is 4. The minimum atomic E-state index is -1.23. The van der Waals surface area contributed by atoms with Crippen LogP contribution in [0, 0.1) is 17.8 Å². The van der Waals surface area contributed by atoms with Gasteiger partial charge in [-0.15, -0.1) is 6.42 Å². The van der Waals surface area contributed by atoms with Gasteiger partial charge in [-0.25, -0.2) is 0 Å². The van der Waals surface area contributed by atoms with E-state index in [2.05, 4.69) is 5.92 Å². The molecule has 1 unspecified atom stereocenters. The Morgan fingerprint density at radius 2 is 2.21 bits per heavy atom. The van der Waals surface area contributed by atoms with Crippen LogP contribution in [0.2, 0.25) is 0 Å². The highest BCUT2D eigenvalue weighted by Crippen LogP contribution is 2.57. The molecule has 0 aliphatic carbocycles. The molecule has 0 N–H and O–H groups in total. The van der Waals surface area contributed by atoms with E-state index in [9.17, 15) is 4.79 Å². The second-order valence-electron chi connectivity index (χ2n) is 6.93. The second kappa shape index (κ2) is 7.53. The first-order valence-corrected chi connectivity index (χ1v) is 10.6. The minimum Gasteiger partial charge on any atom is -0.471 e. The van der Waals surface area contributed by atoms with Crippen LogP contribution in [0.5, 0.6) is 0 Å². The predicted octanol–water partition coefficient (Wildman–Crippen LogP) is 2.88. The van der Waals surface area contributed by atoms with E-state index in [1.165, 1.54) is 11.8 Å². The number of thiocarbonyl (C=S) groups is 1. The van der Waals surface area contributed by atoms with Crippen LogP contribution in [0.1, 0.15) is 12.0 Å². The van der Waals surface area contributed by atoms with Gasteiger partial charge in [0.2, 0.25) is 4.38 Å². The Morgan fingerprint density at radius 1 is 1.43 bits per heavy atom. The third kappa shape index (κ3) is 2.87. The Kier molecular flexibility index (Phi) is 5.23. The molecule has 5 nitrogen and oxygen atoms in total. The lowest BCUT2D eigenvalue weighted by molar-refractivity contribution is -0.153. The number of hydrogen-bond donors (Lipinski definition) is 0. The van der Waals surface area contributed by atoms with Crippen molar-refractivity contribution in [3.63, 3.8) is 0 Å². The van der Waals surface area contributed by atoms with E-state index in [0.29, 0.717) is 17.4 Å². The number of cyclic esters (lactones) is 1. The second-order valence-corrected chi connectivity index (χ2v) is 8.34. The average Bonchev–Trinajstić information content (AvgIpc) is 3.22. The van der Waals surface area contributed by atoms with Crippen molar-refractivity contribution < 1.29 is 23.7 Å². The van der Waals surface area contributed by atoms with Crippen LogP contribution >= 0.6 is 24.0 Å². The van der Waals surface area contributed by atoms with Crippen molar-refractivity contribution in [3.8, 4) is 12.3 Å². The molecule has 2 bridgehead atoms. The smallest absolute Gasteiger partial charge is 0.320 e. The molecule has 1 aromatic carbocycles. The molecule has 1 aromatic rings. The third-order valence-electron chi connectivity index (χ3n) is 5.60. The molecule has 0 aromatic heterocycles. The number of carbonyl (C=O) groups excluding carboxylic acids is 1. The summed E-state index contributed by atoms with van der Waals surface area (Å²) in [6.07, 6.45) is 10.0. The summed E-state index contributed by atoms with van der Waals surface area (Å²) in [5.41, 5.74) is -1.32. The molecular weight excluding hydrogens is 396 g/mol. The van der Waals surface area contributed by atoms with Crippen molar-refractivity contribution in [2.24, 2.45) is 5.41 Å². The largest absolute Gasteiger partial charge is 0.471 e. The van der Waals surface area contributed by atoms with Gasteiger partial charge in [0.15, 0.2) is 11.0 Å². The Balaban J connectivity index is 1.67. The zero-order valence-corrected chi connectivity index (χ0v) is 17.0. The van der Waals surface area contributed by atoms with Crippen molar-refractivity contribution in [2.75, 3.05) is 12.9 Å². The molecule has 1 spiro atoms. The van der Waals surface area contributed by atoms with Crippen molar-refractivity contribution in [3.05, 3.63) is 48.0 Å². The molecule has 3 aliphatic rings. The van der Waals surface area contributed by atoms with Crippen molar-refractivity contribution in [2.45, 2.75) is 36.9 Å². The molecule has 3 aliphatic heterocycles. The van der Waals surface area contributed by atoms with Gasteiger partial charge in [-0.2, -0.15) is 0 Å². The van der Waals surface area contributed by atoms with Crippen LogP contribution in [0.4, 0.5) is 0 Å².